The van der Waals surface area contributed by atoms with Crippen LogP contribution in [0.4, 0.5) is 0 Å². The van der Waals surface area contributed by atoms with E-state index in [1.807, 2.05) is 0 Å². The van der Waals surface area contributed by atoms with E-state index in [2.05, 4.69) is 10.5 Å². The van der Waals surface area contributed by atoms with E-state index in [9.17, 15) is 4.91 Å². The first-order valence-electron chi connectivity index (χ1n) is 2.16. The minimum Gasteiger partial charge on any atom is -0.294 e. The van der Waals surface area contributed by atoms with Crippen molar-refractivity contribution in [2.75, 3.05) is 7.05 Å². The number of nitrogens with zero attached hydrogens (tertiary/aromatic N) is 1. The molecule has 0 aliphatic rings. The molecule has 0 bridgehead atoms. The molecule has 0 atom stereocenters. The van der Waals surface area contributed by atoms with Gasteiger partial charge in [0.15, 0.2) is 0 Å². The summed E-state index contributed by atoms with van der Waals surface area (Å²) in [6.45, 7) is 3.42. The molecule has 0 fully saturated rings. The van der Waals surface area contributed by atoms with E-state index in [0.717, 1.165) is 0 Å². The fourth-order valence-corrected chi connectivity index (χ4v) is 0.0456. The van der Waals surface area contributed by atoms with Crippen molar-refractivity contribution in [3.63, 3.8) is 0 Å². The zero-order chi connectivity index (χ0) is 5.91. The van der Waals surface area contributed by atoms with Crippen LogP contribution < -0.4 is 5.32 Å². The molecule has 0 heterocycles. The quantitative estimate of drug-likeness (QED) is 0.521. The average Bonchev–Trinajstić information content (AvgIpc) is 1.68. The number of rotatable bonds is 2. The maximum atomic E-state index is 9.75. The molecular formula is C4H10N2O. The molecule has 0 unspecified atom stereocenters. The Morgan fingerprint density at radius 1 is 1.57 bits per heavy atom. The lowest BCUT2D eigenvalue weighted by molar-refractivity contribution is 0.442. The lowest BCUT2D eigenvalue weighted by Crippen LogP contribution is -2.32. The Hall–Kier alpha value is -0.440. The topological polar surface area (TPSA) is 41.5 Å². The molecule has 0 saturated heterocycles. The predicted octanol–water partition coefficient (Wildman–Crippen LogP) is 0.708. The van der Waals surface area contributed by atoms with Gasteiger partial charge in [-0.15, -0.1) is 4.91 Å². The maximum Gasteiger partial charge on any atom is 0.147 e. The van der Waals surface area contributed by atoms with Gasteiger partial charge in [0.25, 0.3) is 0 Å². The highest BCUT2D eigenvalue weighted by Gasteiger charge is 2.12. The van der Waals surface area contributed by atoms with Crippen molar-refractivity contribution >= 4 is 0 Å². The van der Waals surface area contributed by atoms with Crippen LogP contribution in [0.15, 0.2) is 5.18 Å². The van der Waals surface area contributed by atoms with Crippen molar-refractivity contribution in [3.05, 3.63) is 4.91 Å². The van der Waals surface area contributed by atoms with Crippen LogP contribution in [0.2, 0.25) is 0 Å². The summed E-state index contributed by atoms with van der Waals surface area (Å²) < 4.78 is 0. The molecule has 0 radical (unpaired) electrons. The van der Waals surface area contributed by atoms with E-state index < -0.39 is 5.66 Å². The summed E-state index contributed by atoms with van der Waals surface area (Å²) in [5, 5.41) is 5.49. The molecule has 1 N–H and O–H groups in total. The van der Waals surface area contributed by atoms with E-state index in [4.69, 9.17) is 0 Å². The molecule has 0 aromatic carbocycles. The van der Waals surface area contributed by atoms with E-state index in [-0.39, 0.29) is 0 Å². The van der Waals surface area contributed by atoms with Crippen LogP contribution >= 0.6 is 0 Å². The van der Waals surface area contributed by atoms with Crippen molar-refractivity contribution in [1.82, 2.24) is 5.32 Å². The van der Waals surface area contributed by atoms with Crippen molar-refractivity contribution in [2.24, 2.45) is 5.18 Å². The molecule has 0 amide bonds. The summed E-state index contributed by atoms with van der Waals surface area (Å²) in [6, 6.07) is 0. The Bertz CT molecular complexity index is 70.1. The first-order chi connectivity index (χ1) is 3.12. The third-order valence-electron chi connectivity index (χ3n) is 0.840. The highest BCUT2D eigenvalue weighted by Crippen LogP contribution is 1.98. The third kappa shape index (κ3) is 2.28. The summed E-state index contributed by atoms with van der Waals surface area (Å²) >= 11 is 0. The molecule has 3 nitrogen and oxygen atoms in total. The second-order valence-electron chi connectivity index (χ2n) is 1.90. The number of nitrogens with one attached hydrogen (secondary N) is 1. The van der Waals surface area contributed by atoms with Gasteiger partial charge in [0.1, 0.15) is 5.66 Å². The first-order valence-corrected chi connectivity index (χ1v) is 2.16. The monoisotopic (exact) mass is 102 g/mol. The molecule has 7 heavy (non-hydrogen) atoms. The summed E-state index contributed by atoms with van der Waals surface area (Å²) in [5.74, 6) is 0. The number of hydrogen-bond donors (Lipinski definition) is 1. The molecule has 0 aromatic heterocycles. The molecule has 0 spiro atoms. The minimum atomic E-state index is -0.597. The van der Waals surface area contributed by atoms with Crippen molar-refractivity contribution in [1.29, 1.82) is 0 Å². The fourth-order valence-electron chi connectivity index (χ4n) is 0.0456. The van der Waals surface area contributed by atoms with E-state index in [1.54, 1.807) is 20.9 Å². The van der Waals surface area contributed by atoms with Gasteiger partial charge in [-0.25, -0.2) is 0 Å². The van der Waals surface area contributed by atoms with Crippen LogP contribution in [-0.2, 0) is 0 Å². The standard InChI is InChI=1S/C4H10N2O/c1-4(2,5-3)6-7/h5H,1-3H3. The van der Waals surface area contributed by atoms with Gasteiger partial charge in [-0.2, -0.15) is 0 Å². The molecule has 42 valence electrons. The van der Waals surface area contributed by atoms with Crippen LogP contribution in [0.25, 0.3) is 0 Å². The summed E-state index contributed by atoms with van der Waals surface area (Å²) in [7, 11) is 1.70. The Morgan fingerprint density at radius 3 is 2.00 bits per heavy atom. The SMILES string of the molecule is CNC(C)(C)N=O. The van der Waals surface area contributed by atoms with Crippen LogP contribution in [0, 0.1) is 4.91 Å². The van der Waals surface area contributed by atoms with E-state index in [0.29, 0.717) is 0 Å². The van der Waals surface area contributed by atoms with Crippen molar-refractivity contribution in [3.8, 4) is 0 Å². The number of hydrogen-bond acceptors (Lipinski definition) is 3. The molecule has 0 aliphatic carbocycles. The Kier molecular flexibility index (Phi) is 1.90. The Labute approximate surface area is 43.1 Å². The van der Waals surface area contributed by atoms with Crippen LogP contribution in [0.5, 0.6) is 0 Å². The molecule has 0 aromatic rings. The van der Waals surface area contributed by atoms with E-state index >= 15 is 0 Å². The van der Waals surface area contributed by atoms with Gasteiger partial charge >= 0.3 is 0 Å². The van der Waals surface area contributed by atoms with Gasteiger partial charge in [0.2, 0.25) is 0 Å². The summed E-state index contributed by atoms with van der Waals surface area (Å²) in [4.78, 5) is 9.75. The Balaban J connectivity index is 3.58. The minimum absolute atomic E-state index is 0.597. The summed E-state index contributed by atoms with van der Waals surface area (Å²) in [6.07, 6.45) is 0. The molecule has 0 rings (SSSR count). The summed E-state index contributed by atoms with van der Waals surface area (Å²) in [5.41, 5.74) is -0.597. The highest BCUT2D eigenvalue weighted by atomic mass is 16.3. The van der Waals surface area contributed by atoms with E-state index in [1.165, 1.54) is 0 Å². The zero-order valence-corrected chi connectivity index (χ0v) is 4.86. The molecule has 3 heteroatoms. The van der Waals surface area contributed by atoms with Gasteiger partial charge in [-0.1, -0.05) is 0 Å². The highest BCUT2D eigenvalue weighted by molar-refractivity contribution is 4.69. The smallest absolute Gasteiger partial charge is 0.147 e. The maximum absolute atomic E-state index is 9.75. The predicted molar refractivity (Wildman–Crippen MR) is 28.9 cm³/mol. The number of nitroso groups, excluding NO2 is 1. The molecule has 0 saturated carbocycles. The second-order valence-corrected chi connectivity index (χ2v) is 1.90. The average molecular weight is 102 g/mol. The van der Waals surface area contributed by atoms with Crippen molar-refractivity contribution < 1.29 is 0 Å². The normalized spacial score (nSPS) is 11.3. The van der Waals surface area contributed by atoms with Gasteiger partial charge in [0, 0.05) is 0 Å². The van der Waals surface area contributed by atoms with Crippen molar-refractivity contribution in [2.45, 2.75) is 19.5 Å². The van der Waals surface area contributed by atoms with Crippen LogP contribution in [-0.4, -0.2) is 12.7 Å². The molecule has 0 aliphatic heterocycles. The van der Waals surface area contributed by atoms with Gasteiger partial charge in [-0.05, 0) is 26.1 Å². The van der Waals surface area contributed by atoms with Gasteiger partial charge in [0.05, 0.1) is 0 Å². The zero-order valence-electron chi connectivity index (χ0n) is 4.86. The lowest BCUT2D eigenvalue weighted by atomic mass is 10.3. The molecular weight excluding hydrogens is 92.1 g/mol. The lowest BCUT2D eigenvalue weighted by Gasteiger charge is -2.11. The van der Waals surface area contributed by atoms with Crippen LogP contribution in [0.1, 0.15) is 13.8 Å². The first kappa shape index (κ1) is 6.56. The fraction of sp³-hybridized carbons (Fsp3) is 1.00. The Morgan fingerprint density at radius 2 is 2.00 bits per heavy atom. The van der Waals surface area contributed by atoms with Gasteiger partial charge < -0.3 is 0 Å². The third-order valence-corrected chi connectivity index (χ3v) is 0.840. The second kappa shape index (κ2) is 2.02. The largest absolute Gasteiger partial charge is 0.294 e. The van der Waals surface area contributed by atoms with Crippen LogP contribution in [0.3, 0.4) is 0 Å². The van der Waals surface area contributed by atoms with Gasteiger partial charge in [-0.3, -0.25) is 5.32 Å².